The van der Waals surface area contributed by atoms with Gasteiger partial charge in [-0.05, 0) is 24.6 Å². The van der Waals surface area contributed by atoms with E-state index in [9.17, 15) is 9.59 Å². The molecule has 3 aromatic heterocycles. The van der Waals surface area contributed by atoms with Crippen molar-refractivity contribution >= 4 is 40.0 Å². The molecule has 0 unspecified atom stereocenters. The van der Waals surface area contributed by atoms with Gasteiger partial charge in [-0.2, -0.15) is 0 Å². The third-order valence-electron chi connectivity index (χ3n) is 4.80. The molecule has 0 saturated heterocycles. The smallest absolute Gasteiger partial charge is 0.341 e. The molecule has 1 N–H and O–H groups in total. The van der Waals surface area contributed by atoms with Crippen LogP contribution in [0.25, 0.3) is 22.5 Å². The first kappa shape index (κ1) is 22.7. The topological polar surface area (TPSA) is 99.0 Å². The monoisotopic (exact) mass is 479 g/mol. The zero-order chi connectivity index (χ0) is 23.2. The van der Waals surface area contributed by atoms with E-state index < -0.39 is 5.97 Å². The van der Waals surface area contributed by atoms with Gasteiger partial charge in [0, 0.05) is 35.4 Å². The quantitative estimate of drug-likeness (QED) is 0.291. The van der Waals surface area contributed by atoms with Crippen LogP contribution in [0.2, 0.25) is 0 Å². The standard InChI is InChI=1S/C23H21N5O3S2/c1-3-28-20(16-10-7-11-24-12-16)26-27-23(28)33-14-18(29)25-21-19(22(30)31-2)17(13-32-21)15-8-5-4-6-9-15/h4-13H,3,14H2,1-2H3,(H,25,29). The molecule has 0 aliphatic rings. The van der Waals surface area contributed by atoms with E-state index in [1.165, 1.54) is 30.2 Å². The molecule has 1 aromatic carbocycles. The number of carbonyl (C=O) groups is 2. The number of esters is 1. The van der Waals surface area contributed by atoms with Gasteiger partial charge in [0.05, 0.1) is 12.9 Å². The number of thiophene rings is 1. The van der Waals surface area contributed by atoms with E-state index in [0.29, 0.717) is 28.1 Å². The van der Waals surface area contributed by atoms with E-state index in [0.717, 1.165) is 16.7 Å². The van der Waals surface area contributed by atoms with Crippen molar-refractivity contribution in [1.82, 2.24) is 19.7 Å². The fourth-order valence-corrected chi connectivity index (χ4v) is 5.04. The number of nitrogens with one attached hydrogen (secondary N) is 1. The summed E-state index contributed by atoms with van der Waals surface area (Å²) in [7, 11) is 1.33. The highest BCUT2D eigenvalue weighted by molar-refractivity contribution is 7.99. The molecule has 4 rings (SSSR count). The molecule has 4 aromatic rings. The average molecular weight is 480 g/mol. The number of benzene rings is 1. The highest BCUT2D eigenvalue weighted by Crippen LogP contribution is 2.36. The van der Waals surface area contributed by atoms with Crippen LogP contribution in [0.15, 0.2) is 65.4 Å². The summed E-state index contributed by atoms with van der Waals surface area (Å²) in [5, 5.41) is 14.3. The minimum atomic E-state index is -0.495. The maximum Gasteiger partial charge on any atom is 0.341 e. The SMILES string of the molecule is CCn1c(SCC(=O)Nc2scc(-c3ccccc3)c2C(=O)OC)nnc1-c1cccnc1. The van der Waals surface area contributed by atoms with Gasteiger partial charge in [-0.1, -0.05) is 42.1 Å². The molecule has 0 spiro atoms. The Balaban J connectivity index is 1.50. The normalized spacial score (nSPS) is 10.7. The summed E-state index contributed by atoms with van der Waals surface area (Å²) in [4.78, 5) is 29.3. The Morgan fingerprint density at radius 1 is 1.12 bits per heavy atom. The molecule has 0 atom stereocenters. The van der Waals surface area contributed by atoms with Gasteiger partial charge in [-0.15, -0.1) is 21.5 Å². The Kier molecular flexibility index (Phi) is 7.16. The number of amides is 1. The van der Waals surface area contributed by atoms with Crippen molar-refractivity contribution in [2.75, 3.05) is 18.2 Å². The molecule has 3 heterocycles. The molecular weight excluding hydrogens is 458 g/mol. The van der Waals surface area contributed by atoms with E-state index >= 15 is 0 Å². The van der Waals surface area contributed by atoms with E-state index in [1.54, 1.807) is 12.4 Å². The number of nitrogens with zero attached hydrogens (tertiary/aromatic N) is 4. The summed E-state index contributed by atoms with van der Waals surface area (Å²) >= 11 is 2.57. The van der Waals surface area contributed by atoms with Gasteiger partial charge in [-0.3, -0.25) is 9.78 Å². The van der Waals surface area contributed by atoms with Gasteiger partial charge in [0.25, 0.3) is 0 Å². The number of hydrogen-bond donors (Lipinski definition) is 1. The molecule has 1 amide bonds. The van der Waals surface area contributed by atoms with Crippen molar-refractivity contribution in [3.05, 3.63) is 65.8 Å². The van der Waals surface area contributed by atoms with Gasteiger partial charge >= 0.3 is 5.97 Å². The molecular formula is C23H21N5O3S2. The second kappa shape index (κ2) is 10.4. The second-order valence-electron chi connectivity index (χ2n) is 6.84. The summed E-state index contributed by atoms with van der Waals surface area (Å²) in [6.45, 7) is 2.64. The van der Waals surface area contributed by atoms with Gasteiger partial charge < -0.3 is 14.6 Å². The molecule has 8 nitrogen and oxygen atoms in total. The van der Waals surface area contributed by atoms with Crippen LogP contribution >= 0.6 is 23.1 Å². The van der Waals surface area contributed by atoms with Crippen molar-refractivity contribution in [1.29, 1.82) is 0 Å². The van der Waals surface area contributed by atoms with Gasteiger partial charge in [0.2, 0.25) is 5.91 Å². The Hall–Kier alpha value is -3.50. The highest BCUT2D eigenvalue weighted by atomic mass is 32.2. The molecule has 0 radical (unpaired) electrons. The van der Waals surface area contributed by atoms with Gasteiger partial charge in [-0.25, -0.2) is 4.79 Å². The maximum absolute atomic E-state index is 12.7. The molecule has 0 aliphatic carbocycles. The fourth-order valence-electron chi connectivity index (χ4n) is 3.27. The van der Waals surface area contributed by atoms with Crippen molar-refractivity contribution in [2.24, 2.45) is 0 Å². The van der Waals surface area contributed by atoms with E-state index in [1.807, 2.05) is 59.3 Å². The number of ether oxygens (including phenoxy) is 1. The van der Waals surface area contributed by atoms with Crippen LogP contribution in [0.1, 0.15) is 17.3 Å². The Labute approximate surface area is 199 Å². The first-order valence-electron chi connectivity index (χ1n) is 10.1. The highest BCUT2D eigenvalue weighted by Gasteiger charge is 2.23. The molecule has 0 fully saturated rings. The lowest BCUT2D eigenvalue weighted by molar-refractivity contribution is -0.113. The third kappa shape index (κ3) is 4.96. The van der Waals surface area contributed by atoms with Crippen LogP contribution in [0, 0.1) is 0 Å². The molecule has 33 heavy (non-hydrogen) atoms. The minimum absolute atomic E-state index is 0.115. The predicted octanol–water partition coefficient (Wildman–Crippen LogP) is 4.61. The van der Waals surface area contributed by atoms with Crippen LogP contribution in [0.5, 0.6) is 0 Å². The summed E-state index contributed by atoms with van der Waals surface area (Å²) in [6, 6.07) is 13.3. The number of pyridine rings is 1. The number of aromatic nitrogens is 4. The first-order chi connectivity index (χ1) is 16.1. The summed E-state index contributed by atoms with van der Waals surface area (Å²) in [6.07, 6.45) is 3.43. The molecule has 0 bridgehead atoms. The lowest BCUT2D eigenvalue weighted by Crippen LogP contribution is -2.16. The first-order valence-corrected chi connectivity index (χ1v) is 12.0. The lowest BCUT2D eigenvalue weighted by Gasteiger charge is -2.09. The number of hydrogen-bond acceptors (Lipinski definition) is 8. The molecule has 0 saturated carbocycles. The lowest BCUT2D eigenvalue weighted by atomic mass is 10.0. The Bertz CT molecular complexity index is 1260. The third-order valence-corrected chi connectivity index (χ3v) is 6.67. The van der Waals surface area contributed by atoms with E-state index in [4.69, 9.17) is 4.74 Å². The van der Waals surface area contributed by atoms with E-state index in [-0.39, 0.29) is 11.7 Å². The van der Waals surface area contributed by atoms with Crippen LogP contribution in [0.4, 0.5) is 5.00 Å². The van der Waals surface area contributed by atoms with E-state index in [2.05, 4.69) is 20.5 Å². The number of rotatable bonds is 8. The van der Waals surface area contributed by atoms with Gasteiger partial charge in [0.15, 0.2) is 11.0 Å². The number of thioether (sulfide) groups is 1. The summed E-state index contributed by atoms with van der Waals surface area (Å²) < 4.78 is 6.91. The zero-order valence-electron chi connectivity index (χ0n) is 18.0. The number of methoxy groups -OCH3 is 1. The summed E-state index contributed by atoms with van der Waals surface area (Å²) in [5.74, 6) is 0.0713. The predicted molar refractivity (Wildman–Crippen MR) is 129 cm³/mol. The largest absolute Gasteiger partial charge is 0.465 e. The minimum Gasteiger partial charge on any atom is -0.465 e. The molecule has 0 aliphatic heterocycles. The van der Waals surface area contributed by atoms with Crippen molar-refractivity contribution in [3.63, 3.8) is 0 Å². The second-order valence-corrected chi connectivity index (χ2v) is 8.66. The molecule has 10 heteroatoms. The zero-order valence-corrected chi connectivity index (χ0v) is 19.7. The van der Waals surface area contributed by atoms with Crippen LogP contribution < -0.4 is 5.32 Å². The average Bonchev–Trinajstić information content (AvgIpc) is 3.47. The Morgan fingerprint density at radius 3 is 2.61 bits per heavy atom. The Morgan fingerprint density at radius 2 is 1.91 bits per heavy atom. The number of anilines is 1. The van der Waals surface area contributed by atoms with Crippen LogP contribution in [-0.4, -0.2) is 44.5 Å². The molecule has 168 valence electrons. The van der Waals surface area contributed by atoms with Crippen molar-refractivity contribution in [2.45, 2.75) is 18.6 Å². The summed E-state index contributed by atoms with van der Waals surface area (Å²) in [5.41, 5.74) is 2.81. The van der Waals surface area contributed by atoms with Crippen LogP contribution in [-0.2, 0) is 16.1 Å². The van der Waals surface area contributed by atoms with Gasteiger partial charge in [0.1, 0.15) is 10.6 Å². The van der Waals surface area contributed by atoms with Crippen LogP contribution in [0.3, 0.4) is 0 Å². The number of carbonyl (C=O) groups excluding carboxylic acids is 2. The fraction of sp³-hybridized carbons (Fsp3) is 0.174. The van der Waals surface area contributed by atoms with Crippen molar-refractivity contribution < 1.29 is 14.3 Å². The maximum atomic E-state index is 12.7. The van der Waals surface area contributed by atoms with Crippen molar-refractivity contribution in [3.8, 4) is 22.5 Å².